The fraction of sp³-hybridized carbons (Fsp3) is 0.368. The quantitative estimate of drug-likeness (QED) is 0.781. The number of ketones is 1. The highest BCUT2D eigenvalue weighted by Gasteiger charge is 2.30. The van der Waals surface area contributed by atoms with Crippen LogP contribution in [-0.2, 0) is 6.42 Å². The fourth-order valence-electron chi connectivity index (χ4n) is 3.22. The second-order valence-electron chi connectivity index (χ2n) is 6.09. The zero-order valence-corrected chi connectivity index (χ0v) is 15.6. The molecule has 3 rings (SSSR count). The summed E-state index contributed by atoms with van der Waals surface area (Å²) < 4.78 is 10.8. The van der Waals surface area contributed by atoms with Crippen LogP contribution in [0.1, 0.15) is 51.0 Å². The Kier molecular flexibility index (Phi) is 4.81. The molecule has 132 valence electrons. The number of rotatable bonds is 4. The number of ether oxygens (including phenoxy) is 2. The Morgan fingerprint density at radius 2 is 1.84 bits per heavy atom. The first kappa shape index (κ1) is 17.5. The molecular weight excluding hydrogens is 338 g/mol. The van der Waals surface area contributed by atoms with Crippen LogP contribution in [0.5, 0.6) is 11.5 Å². The number of nitrogens with zero attached hydrogens (tertiary/aromatic N) is 1. The van der Waals surface area contributed by atoms with Gasteiger partial charge in [-0.1, -0.05) is 0 Å². The second kappa shape index (κ2) is 6.88. The Hall–Kier alpha value is -2.34. The van der Waals surface area contributed by atoms with E-state index < -0.39 is 0 Å². The second-order valence-corrected chi connectivity index (χ2v) is 7.00. The number of carbonyl (C=O) groups is 2. The SMILES string of the molecule is COc1cc2c(cc1OC)C(C)N(C(=O)c1csc(C(C)=O)c1)CC2. The largest absolute Gasteiger partial charge is 0.493 e. The molecule has 5 nitrogen and oxygen atoms in total. The number of methoxy groups -OCH3 is 2. The normalized spacial score (nSPS) is 16.3. The van der Waals surface area contributed by atoms with Gasteiger partial charge in [-0.25, -0.2) is 0 Å². The molecule has 0 aliphatic carbocycles. The van der Waals surface area contributed by atoms with Crippen LogP contribution in [0.2, 0.25) is 0 Å². The Balaban J connectivity index is 1.91. The summed E-state index contributed by atoms with van der Waals surface area (Å²) in [5, 5.41) is 1.76. The zero-order valence-electron chi connectivity index (χ0n) is 14.8. The molecule has 1 unspecified atom stereocenters. The van der Waals surface area contributed by atoms with E-state index in [2.05, 4.69) is 0 Å². The maximum Gasteiger partial charge on any atom is 0.255 e. The van der Waals surface area contributed by atoms with Crippen LogP contribution in [-0.4, -0.2) is 37.4 Å². The van der Waals surface area contributed by atoms with Gasteiger partial charge in [0.2, 0.25) is 0 Å². The lowest BCUT2D eigenvalue weighted by molar-refractivity contribution is 0.0678. The van der Waals surface area contributed by atoms with Gasteiger partial charge in [0.25, 0.3) is 5.91 Å². The molecule has 2 aromatic rings. The predicted molar refractivity (Wildman–Crippen MR) is 97.0 cm³/mol. The van der Waals surface area contributed by atoms with Crippen LogP contribution in [0.25, 0.3) is 0 Å². The van der Waals surface area contributed by atoms with Gasteiger partial charge in [0.15, 0.2) is 17.3 Å². The van der Waals surface area contributed by atoms with Gasteiger partial charge in [0.05, 0.1) is 30.7 Å². The molecule has 0 fully saturated rings. The highest BCUT2D eigenvalue weighted by Crippen LogP contribution is 2.38. The molecule has 6 heteroatoms. The van der Waals surface area contributed by atoms with Crippen molar-refractivity contribution in [2.45, 2.75) is 26.3 Å². The minimum Gasteiger partial charge on any atom is -0.493 e. The summed E-state index contributed by atoms with van der Waals surface area (Å²) in [6.07, 6.45) is 0.759. The lowest BCUT2D eigenvalue weighted by Crippen LogP contribution is -2.38. The molecule has 1 aromatic carbocycles. The van der Waals surface area contributed by atoms with E-state index in [0.717, 1.165) is 12.0 Å². The highest BCUT2D eigenvalue weighted by atomic mass is 32.1. The molecular formula is C19H21NO4S. The van der Waals surface area contributed by atoms with Crippen molar-refractivity contribution in [2.24, 2.45) is 0 Å². The van der Waals surface area contributed by atoms with E-state index in [1.165, 1.54) is 23.8 Å². The smallest absolute Gasteiger partial charge is 0.255 e. The van der Waals surface area contributed by atoms with Crippen molar-refractivity contribution in [1.29, 1.82) is 0 Å². The van der Waals surface area contributed by atoms with Crippen molar-refractivity contribution < 1.29 is 19.1 Å². The first-order chi connectivity index (χ1) is 12.0. The number of hydrogen-bond donors (Lipinski definition) is 0. The molecule has 1 amide bonds. The Morgan fingerprint density at radius 1 is 1.16 bits per heavy atom. The minimum atomic E-state index is -0.0725. The van der Waals surface area contributed by atoms with Gasteiger partial charge in [-0.3, -0.25) is 9.59 Å². The number of Topliss-reactive ketones (excluding diaryl/α,β-unsaturated/α-hetero) is 1. The van der Waals surface area contributed by atoms with E-state index >= 15 is 0 Å². The molecule has 1 atom stereocenters. The fourth-order valence-corrected chi connectivity index (χ4v) is 4.00. The van der Waals surface area contributed by atoms with E-state index in [9.17, 15) is 9.59 Å². The van der Waals surface area contributed by atoms with Crippen molar-refractivity contribution in [2.75, 3.05) is 20.8 Å². The zero-order chi connectivity index (χ0) is 18.1. The molecule has 1 aromatic heterocycles. The van der Waals surface area contributed by atoms with Crippen LogP contribution < -0.4 is 9.47 Å². The molecule has 0 radical (unpaired) electrons. The van der Waals surface area contributed by atoms with Gasteiger partial charge in [0.1, 0.15) is 0 Å². The summed E-state index contributed by atoms with van der Waals surface area (Å²) in [6.45, 7) is 4.16. The lowest BCUT2D eigenvalue weighted by Gasteiger charge is -2.35. The van der Waals surface area contributed by atoms with Crippen LogP contribution >= 0.6 is 11.3 Å². The number of fused-ring (bicyclic) bond motifs is 1. The predicted octanol–water partition coefficient (Wildman–Crippen LogP) is 3.73. The molecule has 0 saturated carbocycles. The monoisotopic (exact) mass is 359 g/mol. The Bertz CT molecular complexity index is 827. The number of hydrogen-bond acceptors (Lipinski definition) is 5. The third kappa shape index (κ3) is 3.14. The average molecular weight is 359 g/mol. The highest BCUT2D eigenvalue weighted by molar-refractivity contribution is 7.12. The van der Waals surface area contributed by atoms with Crippen molar-refractivity contribution >= 4 is 23.0 Å². The van der Waals surface area contributed by atoms with E-state index in [4.69, 9.17) is 9.47 Å². The van der Waals surface area contributed by atoms with Gasteiger partial charge in [-0.05, 0) is 49.6 Å². The maximum atomic E-state index is 12.9. The number of benzene rings is 1. The number of thiophene rings is 1. The topological polar surface area (TPSA) is 55.8 Å². The molecule has 0 saturated heterocycles. The first-order valence-electron chi connectivity index (χ1n) is 8.11. The summed E-state index contributed by atoms with van der Waals surface area (Å²) >= 11 is 1.31. The molecule has 25 heavy (non-hydrogen) atoms. The van der Waals surface area contributed by atoms with Crippen molar-refractivity contribution in [1.82, 2.24) is 4.90 Å². The summed E-state index contributed by atoms with van der Waals surface area (Å²) in [5.41, 5.74) is 2.81. The van der Waals surface area contributed by atoms with Crippen molar-refractivity contribution in [3.05, 3.63) is 45.1 Å². The summed E-state index contributed by atoms with van der Waals surface area (Å²) in [6, 6.07) is 5.56. The molecule has 1 aliphatic rings. The van der Waals surface area contributed by atoms with Gasteiger partial charge in [-0.15, -0.1) is 11.3 Å². The Labute approximate surface area is 151 Å². The van der Waals surface area contributed by atoms with E-state index in [-0.39, 0.29) is 17.7 Å². The molecule has 2 heterocycles. The third-order valence-corrected chi connectivity index (χ3v) is 5.67. The van der Waals surface area contributed by atoms with Gasteiger partial charge in [-0.2, -0.15) is 0 Å². The van der Waals surface area contributed by atoms with Gasteiger partial charge >= 0.3 is 0 Å². The molecule has 0 spiro atoms. The van der Waals surface area contributed by atoms with Crippen molar-refractivity contribution in [3.8, 4) is 11.5 Å². The van der Waals surface area contributed by atoms with Gasteiger partial charge < -0.3 is 14.4 Å². The van der Waals surface area contributed by atoms with Crippen LogP contribution in [0.3, 0.4) is 0 Å². The van der Waals surface area contributed by atoms with Crippen LogP contribution in [0.15, 0.2) is 23.6 Å². The minimum absolute atomic E-state index is 0.0158. The van der Waals surface area contributed by atoms with E-state index in [0.29, 0.717) is 28.5 Å². The summed E-state index contributed by atoms with van der Waals surface area (Å²) in [4.78, 5) is 26.8. The Morgan fingerprint density at radius 3 is 2.44 bits per heavy atom. The van der Waals surface area contributed by atoms with Crippen LogP contribution in [0.4, 0.5) is 0 Å². The molecule has 0 bridgehead atoms. The van der Waals surface area contributed by atoms with Gasteiger partial charge in [0, 0.05) is 11.9 Å². The number of amides is 1. The summed E-state index contributed by atoms with van der Waals surface area (Å²) in [7, 11) is 3.23. The molecule has 0 N–H and O–H groups in total. The van der Waals surface area contributed by atoms with E-state index in [1.807, 2.05) is 24.0 Å². The standard InChI is InChI=1S/C19H21NO4S/c1-11-15-9-17(24-4)16(23-3)7-13(15)5-6-20(11)19(22)14-8-18(12(2)21)25-10-14/h7-11H,5-6H2,1-4H3. The third-order valence-electron chi connectivity index (χ3n) is 4.64. The first-order valence-corrected chi connectivity index (χ1v) is 8.99. The van der Waals surface area contributed by atoms with Crippen LogP contribution in [0, 0.1) is 0 Å². The maximum absolute atomic E-state index is 12.9. The van der Waals surface area contributed by atoms with Crippen molar-refractivity contribution in [3.63, 3.8) is 0 Å². The lowest BCUT2D eigenvalue weighted by atomic mass is 9.92. The molecule has 1 aliphatic heterocycles. The van der Waals surface area contributed by atoms with E-state index in [1.54, 1.807) is 25.7 Å². The number of carbonyl (C=O) groups excluding carboxylic acids is 2. The average Bonchev–Trinajstić information content (AvgIpc) is 3.11. The summed E-state index contributed by atoms with van der Waals surface area (Å²) in [5.74, 6) is 1.31.